The average Bonchev–Trinajstić information content (AvgIpc) is 2.33. The van der Waals surface area contributed by atoms with Gasteiger partial charge in [-0.1, -0.05) is 24.9 Å². The van der Waals surface area contributed by atoms with Crippen LogP contribution in [0.1, 0.15) is 37.0 Å². The summed E-state index contributed by atoms with van der Waals surface area (Å²) in [5, 5.41) is 0.611. The zero-order valence-electron chi connectivity index (χ0n) is 10.2. The first-order chi connectivity index (χ1) is 8.10. The van der Waals surface area contributed by atoms with E-state index >= 15 is 0 Å². The highest BCUT2D eigenvalue weighted by Gasteiger charge is 2.16. The van der Waals surface area contributed by atoms with Crippen molar-refractivity contribution in [2.45, 2.75) is 26.7 Å². The van der Waals surface area contributed by atoms with Crippen LogP contribution in [0.3, 0.4) is 0 Å². The molecule has 0 bridgehead atoms. The van der Waals surface area contributed by atoms with Crippen LogP contribution in [0.5, 0.6) is 0 Å². The Labute approximate surface area is 121 Å². The van der Waals surface area contributed by atoms with Gasteiger partial charge < -0.3 is 4.90 Å². The fraction of sp³-hybridized carbons (Fsp3) is 0.462. The minimum atomic E-state index is 0.0767. The number of unbranched alkanes of at least 4 members (excludes halogenated alkanes) is 1. The number of halogens is 2. The Morgan fingerprint density at radius 2 is 2.12 bits per heavy atom. The molecule has 0 saturated heterocycles. The molecule has 0 aliphatic heterocycles. The summed E-state index contributed by atoms with van der Waals surface area (Å²) in [4.78, 5) is 14.2. The summed E-state index contributed by atoms with van der Waals surface area (Å²) in [7, 11) is 0. The summed E-state index contributed by atoms with van der Waals surface area (Å²) in [5.41, 5.74) is 0.705. The summed E-state index contributed by atoms with van der Waals surface area (Å²) in [6, 6.07) is 5.44. The number of hydrogen-bond acceptors (Lipinski definition) is 1. The molecule has 2 nitrogen and oxygen atoms in total. The van der Waals surface area contributed by atoms with E-state index in [0.717, 1.165) is 29.5 Å². The van der Waals surface area contributed by atoms with Gasteiger partial charge in [-0.15, -0.1) is 0 Å². The average molecular weight is 366 g/mol. The van der Waals surface area contributed by atoms with Gasteiger partial charge in [0.15, 0.2) is 0 Å². The molecule has 0 unspecified atom stereocenters. The number of hydrogen-bond donors (Lipinski definition) is 0. The predicted octanol–water partition coefficient (Wildman–Crippen LogP) is 4.21. The second-order valence-electron chi connectivity index (χ2n) is 3.86. The quantitative estimate of drug-likeness (QED) is 0.716. The van der Waals surface area contributed by atoms with Gasteiger partial charge in [-0.25, -0.2) is 0 Å². The van der Waals surface area contributed by atoms with E-state index in [-0.39, 0.29) is 5.91 Å². The third-order valence-electron chi connectivity index (χ3n) is 2.61. The minimum absolute atomic E-state index is 0.0767. The van der Waals surface area contributed by atoms with Crippen molar-refractivity contribution in [3.63, 3.8) is 0 Å². The molecule has 0 saturated carbocycles. The van der Waals surface area contributed by atoms with E-state index in [9.17, 15) is 4.79 Å². The lowest BCUT2D eigenvalue weighted by Crippen LogP contribution is -2.32. The van der Waals surface area contributed by atoms with E-state index in [1.54, 1.807) is 6.07 Å². The number of carbonyl (C=O) groups excluding carboxylic acids is 1. The molecule has 0 atom stereocenters. The zero-order chi connectivity index (χ0) is 12.8. The van der Waals surface area contributed by atoms with Gasteiger partial charge in [-0.3, -0.25) is 4.79 Å². The van der Waals surface area contributed by atoms with Crippen molar-refractivity contribution in [3.05, 3.63) is 32.4 Å². The van der Waals surface area contributed by atoms with Crippen LogP contribution in [0.4, 0.5) is 0 Å². The SMILES string of the molecule is CCCCN(CC)C(=O)c1cc(Cl)ccc1I. The van der Waals surface area contributed by atoms with Crippen molar-refractivity contribution in [1.82, 2.24) is 4.90 Å². The van der Waals surface area contributed by atoms with E-state index in [4.69, 9.17) is 11.6 Å². The van der Waals surface area contributed by atoms with Crippen LogP contribution in [0.25, 0.3) is 0 Å². The van der Waals surface area contributed by atoms with Crippen LogP contribution < -0.4 is 0 Å². The molecule has 1 rings (SSSR count). The van der Waals surface area contributed by atoms with Crippen molar-refractivity contribution in [3.8, 4) is 0 Å². The predicted molar refractivity (Wildman–Crippen MR) is 80.7 cm³/mol. The molecule has 0 N–H and O–H groups in total. The summed E-state index contributed by atoms with van der Waals surface area (Å²) in [5.74, 6) is 0.0767. The standard InChI is InChI=1S/C13H17ClINO/c1-3-5-8-16(4-2)13(17)11-9-10(14)6-7-12(11)15/h6-7,9H,3-5,8H2,1-2H3. The summed E-state index contributed by atoms with van der Waals surface area (Å²) < 4.78 is 0.951. The van der Waals surface area contributed by atoms with Crippen molar-refractivity contribution in [2.24, 2.45) is 0 Å². The molecule has 1 aromatic carbocycles. The lowest BCUT2D eigenvalue weighted by atomic mass is 10.2. The van der Waals surface area contributed by atoms with Crippen molar-refractivity contribution >= 4 is 40.1 Å². The molecule has 1 amide bonds. The summed E-state index contributed by atoms with van der Waals surface area (Å²) >= 11 is 8.11. The van der Waals surface area contributed by atoms with Gasteiger partial charge in [0.1, 0.15) is 0 Å². The third kappa shape index (κ3) is 4.14. The smallest absolute Gasteiger partial charge is 0.254 e. The molecule has 0 heterocycles. The third-order valence-corrected chi connectivity index (χ3v) is 3.79. The Kier molecular flexibility index (Phi) is 6.27. The second-order valence-corrected chi connectivity index (χ2v) is 5.46. The first kappa shape index (κ1) is 14.8. The van der Waals surface area contributed by atoms with E-state index in [1.807, 2.05) is 24.0 Å². The lowest BCUT2D eigenvalue weighted by Gasteiger charge is -2.21. The van der Waals surface area contributed by atoms with Gasteiger partial charge in [-0.05, 0) is 54.1 Å². The number of amides is 1. The van der Waals surface area contributed by atoms with E-state index in [2.05, 4.69) is 29.5 Å². The first-order valence-corrected chi connectivity index (χ1v) is 7.30. The monoisotopic (exact) mass is 365 g/mol. The van der Waals surface area contributed by atoms with Crippen LogP contribution in [0.15, 0.2) is 18.2 Å². The maximum Gasteiger partial charge on any atom is 0.254 e. The molecular formula is C13H17ClINO. The summed E-state index contributed by atoms with van der Waals surface area (Å²) in [6.07, 6.45) is 2.13. The minimum Gasteiger partial charge on any atom is -0.339 e. The van der Waals surface area contributed by atoms with Crippen LogP contribution in [-0.4, -0.2) is 23.9 Å². The highest BCUT2D eigenvalue weighted by atomic mass is 127. The molecule has 0 radical (unpaired) electrons. The molecule has 0 aromatic heterocycles. The number of benzene rings is 1. The van der Waals surface area contributed by atoms with Crippen molar-refractivity contribution in [2.75, 3.05) is 13.1 Å². The van der Waals surface area contributed by atoms with Crippen LogP contribution in [-0.2, 0) is 0 Å². The molecule has 0 fully saturated rings. The molecule has 1 aromatic rings. The normalized spacial score (nSPS) is 10.4. The van der Waals surface area contributed by atoms with Crippen LogP contribution in [0, 0.1) is 3.57 Å². The largest absolute Gasteiger partial charge is 0.339 e. The number of rotatable bonds is 5. The number of nitrogens with zero attached hydrogens (tertiary/aromatic N) is 1. The maximum atomic E-state index is 12.3. The molecular weight excluding hydrogens is 349 g/mol. The van der Waals surface area contributed by atoms with Gasteiger partial charge in [0, 0.05) is 21.7 Å². The Hall–Kier alpha value is -0.290. The molecule has 4 heteroatoms. The molecule has 0 aliphatic rings. The number of carbonyl (C=O) groups is 1. The molecule has 0 spiro atoms. The van der Waals surface area contributed by atoms with Crippen molar-refractivity contribution < 1.29 is 4.79 Å². The van der Waals surface area contributed by atoms with Crippen LogP contribution >= 0.6 is 34.2 Å². The Morgan fingerprint density at radius 3 is 2.71 bits per heavy atom. The molecule has 17 heavy (non-hydrogen) atoms. The van der Waals surface area contributed by atoms with E-state index in [1.165, 1.54) is 0 Å². The molecule has 94 valence electrons. The lowest BCUT2D eigenvalue weighted by molar-refractivity contribution is 0.0761. The van der Waals surface area contributed by atoms with Gasteiger partial charge in [-0.2, -0.15) is 0 Å². The molecule has 0 aliphatic carbocycles. The first-order valence-electron chi connectivity index (χ1n) is 5.84. The van der Waals surface area contributed by atoms with Gasteiger partial charge in [0.05, 0.1) is 5.56 Å². The fourth-order valence-corrected chi connectivity index (χ4v) is 2.32. The highest BCUT2D eigenvalue weighted by Crippen LogP contribution is 2.19. The van der Waals surface area contributed by atoms with Gasteiger partial charge in [0.2, 0.25) is 0 Å². The Balaban J connectivity index is 2.89. The van der Waals surface area contributed by atoms with Gasteiger partial charge in [0.25, 0.3) is 5.91 Å². The second kappa shape index (κ2) is 7.21. The topological polar surface area (TPSA) is 20.3 Å². The van der Waals surface area contributed by atoms with Crippen LogP contribution in [0.2, 0.25) is 5.02 Å². The Morgan fingerprint density at radius 1 is 1.41 bits per heavy atom. The Bertz CT molecular complexity index is 395. The summed E-state index contributed by atoms with van der Waals surface area (Å²) in [6.45, 7) is 5.68. The van der Waals surface area contributed by atoms with E-state index < -0.39 is 0 Å². The maximum absolute atomic E-state index is 12.3. The zero-order valence-corrected chi connectivity index (χ0v) is 13.1. The van der Waals surface area contributed by atoms with E-state index in [0.29, 0.717) is 10.6 Å². The fourth-order valence-electron chi connectivity index (χ4n) is 1.58. The van der Waals surface area contributed by atoms with Gasteiger partial charge >= 0.3 is 0 Å². The van der Waals surface area contributed by atoms with Crippen molar-refractivity contribution in [1.29, 1.82) is 0 Å². The highest BCUT2D eigenvalue weighted by molar-refractivity contribution is 14.1.